The van der Waals surface area contributed by atoms with Gasteiger partial charge in [-0.1, -0.05) is 26.0 Å². The van der Waals surface area contributed by atoms with E-state index in [1.165, 1.54) is 18.2 Å². The number of carbonyl (C=O) groups is 2. The van der Waals surface area contributed by atoms with Crippen LogP contribution in [0.3, 0.4) is 0 Å². The summed E-state index contributed by atoms with van der Waals surface area (Å²) in [6.45, 7) is 4.23. The maximum Gasteiger partial charge on any atom is 0.319 e. The highest BCUT2D eigenvalue weighted by Gasteiger charge is 2.16. The molecule has 6 heteroatoms. The van der Waals surface area contributed by atoms with Crippen LogP contribution in [0, 0.1) is 17.7 Å². The maximum atomic E-state index is 13.4. The number of halogens is 1. The van der Waals surface area contributed by atoms with Crippen LogP contribution in [0.5, 0.6) is 0 Å². The van der Waals surface area contributed by atoms with Crippen molar-refractivity contribution in [3.8, 4) is 0 Å². The Hall–Kier alpha value is -2.11. The number of nitrogens with one attached hydrogen (secondary N) is 2. The molecule has 1 unspecified atom stereocenters. The van der Waals surface area contributed by atoms with Crippen molar-refractivity contribution < 1.29 is 19.1 Å². The van der Waals surface area contributed by atoms with Crippen molar-refractivity contribution in [3.05, 3.63) is 30.1 Å². The fraction of sp³-hybridized carbons (Fsp3) is 0.467. The number of aliphatic carboxylic acids is 1. The SMILES string of the molecule is CC(C)CC(CNC(=O)Nc1ccccc1F)CC(=O)O. The lowest BCUT2D eigenvalue weighted by atomic mass is 9.94. The van der Waals surface area contributed by atoms with Crippen LogP contribution in [0.25, 0.3) is 0 Å². The Kier molecular flexibility index (Phi) is 6.65. The van der Waals surface area contributed by atoms with Gasteiger partial charge in [0.05, 0.1) is 5.69 Å². The van der Waals surface area contributed by atoms with Crippen molar-refractivity contribution in [2.45, 2.75) is 26.7 Å². The molecule has 0 aliphatic rings. The number of hydrogen-bond acceptors (Lipinski definition) is 2. The average Bonchev–Trinajstić information content (AvgIpc) is 2.37. The first-order chi connectivity index (χ1) is 9.88. The number of hydrogen-bond donors (Lipinski definition) is 3. The van der Waals surface area contributed by atoms with Crippen molar-refractivity contribution in [1.29, 1.82) is 0 Å². The number of benzene rings is 1. The number of carboxylic acids is 1. The van der Waals surface area contributed by atoms with Gasteiger partial charge in [-0.2, -0.15) is 0 Å². The molecule has 1 aromatic rings. The summed E-state index contributed by atoms with van der Waals surface area (Å²) >= 11 is 0. The highest BCUT2D eigenvalue weighted by molar-refractivity contribution is 5.89. The Morgan fingerprint density at radius 2 is 1.95 bits per heavy atom. The van der Waals surface area contributed by atoms with Crippen LogP contribution in [0.15, 0.2) is 24.3 Å². The van der Waals surface area contributed by atoms with Gasteiger partial charge < -0.3 is 15.7 Å². The van der Waals surface area contributed by atoms with Crippen molar-refractivity contribution in [2.24, 2.45) is 11.8 Å². The third-order valence-electron chi connectivity index (χ3n) is 2.94. The van der Waals surface area contributed by atoms with Crippen molar-refractivity contribution in [1.82, 2.24) is 5.32 Å². The smallest absolute Gasteiger partial charge is 0.319 e. The van der Waals surface area contributed by atoms with E-state index in [0.29, 0.717) is 12.3 Å². The van der Waals surface area contributed by atoms with Crippen molar-refractivity contribution in [3.63, 3.8) is 0 Å². The molecule has 5 nitrogen and oxygen atoms in total. The zero-order valence-electron chi connectivity index (χ0n) is 12.2. The summed E-state index contributed by atoms with van der Waals surface area (Å²) in [5.74, 6) is -1.21. The van der Waals surface area contributed by atoms with Gasteiger partial charge >= 0.3 is 12.0 Å². The van der Waals surface area contributed by atoms with Gasteiger partial charge in [-0.15, -0.1) is 0 Å². The lowest BCUT2D eigenvalue weighted by Gasteiger charge is -2.18. The molecule has 1 atom stereocenters. The van der Waals surface area contributed by atoms with E-state index in [4.69, 9.17) is 5.11 Å². The number of amides is 2. The standard InChI is InChI=1S/C15H21FN2O3/c1-10(2)7-11(8-14(19)20)9-17-15(21)18-13-6-4-3-5-12(13)16/h3-6,10-11H,7-9H2,1-2H3,(H,19,20)(H2,17,18,21). The lowest BCUT2D eigenvalue weighted by Crippen LogP contribution is -2.34. The topological polar surface area (TPSA) is 78.4 Å². The van der Waals surface area contributed by atoms with Crippen molar-refractivity contribution >= 4 is 17.7 Å². The first-order valence-electron chi connectivity index (χ1n) is 6.89. The van der Waals surface area contributed by atoms with E-state index in [-0.39, 0.29) is 24.6 Å². The molecule has 0 saturated carbocycles. The first kappa shape index (κ1) is 16.9. The Balaban J connectivity index is 2.49. The van der Waals surface area contributed by atoms with Crippen LogP contribution in [-0.2, 0) is 4.79 Å². The van der Waals surface area contributed by atoms with E-state index in [0.717, 1.165) is 0 Å². The van der Waals surface area contributed by atoms with E-state index in [2.05, 4.69) is 10.6 Å². The van der Waals surface area contributed by atoms with Gasteiger partial charge in [-0.25, -0.2) is 9.18 Å². The minimum absolute atomic E-state index is 0.00183. The molecular formula is C15H21FN2O3. The lowest BCUT2D eigenvalue weighted by molar-refractivity contribution is -0.138. The molecule has 0 fully saturated rings. The molecule has 0 aliphatic carbocycles. The monoisotopic (exact) mass is 296 g/mol. The number of carbonyl (C=O) groups excluding carboxylic acids is 1. The maximum absolute atomic E-state index is 13.4. The Labute approximate surface area is 123 Å². The zero-order chi connectivity index (χ0) is 15.8. The summed E-state index contributed by atoms with van der Waals surface area (Å²) in [4.78, 5) is 22.5. The van der Waals surface area contributed by atoms with Crippen LogP contribution in [0.4, 0.5) is 14.9 Å². The minimum Gasteiger partial charge on any atom is -0.481 e. The Bertz CT molecular complexity index is 492. The molecular weight excluding hydrogens is 275 g/mol. The second-order valence-electron chi connectivity index (χ2n) is 5.41. The summed E-state index contributed by atoms with van der Waals surface area (Å²) in [5, 5.41) is 13.8. The largest absolute Gasteiger partial charge is 0.481 e. The van der Waals surface area contributed by atoms with Gasteiger partial charge in [-0.05, 0) is 30.4 Å². The van der Waals surface area contributed by atoms with E-state index in [1.54, 1.807) is 6.07 Å². The molecule has 0 spiro atoms. The molecule has 116 valence electrons. The molecule has 0 heterocycles. The molecule has 0 radical (unpaired) electrons. The fourth-order valence-electron chi connectivity index (χ4n) is 2.12. The summed E-state index contributed by atoms with van der Waals surface area (Å²) < 4.78 is 13.4. The van der Waals surface area contributed by atoms with Crippen LogP contribution >= 0.6 is 0 Å². The predicted octanol–water partition coefficient (Wildman–Crippen LogP) is 3.08. The Morgan fingerprint density at radius 1 is 1.29 bits per heavy atom. The van der Waals surface area contributed by atoms with Gasteiger partial charge in [0, 0.05) is 13.0 Å². The quantitative estimate of drug-likeness (QED) is 0.723. The van der Waals surface area contributed by atoms with Gasteiger partial charge in [0.25, 0.3) is 0 Å². The first-order valence-corrected chi connectivity index (χ1v) is 6.89. The molecule has 1 aromatic carbocycles. The van der Waals surface area contributed by atoms with Crippen LogP contribution in [0.1, 0.15) is 26.7 Å². The third kappa shape index (κ3) is 6.74. The number of para-hydroxylation sites is 1. The molecule has 0 aromatic heterocycles. The highest BCUT2D eigenvalue weighted by Crippen LogP contribution is 2.15. The van der Waals surface area contributed by atoms with E-state index >= 15 is 0 Å². The number of carboxylic acid groups (broad SMARTS) is 1. The van der Waals surface area contributed by atoms with Gasteiger partial charge in [0.1, 0.15) is 5.82 Å². The summed E-state index contributed by atoms with van der Waals surface area (Å²) in [6, 6.07) is 5.31. The van der Waals surface area contributed by atoms with Gasteiger partial charge in [0.15, 0.2) is 0 Å². The van der Waals surface area contributed by atoms with Crippen LogP contribution in [-0.4, -0.2) is 23.7 Å². The summed E-state index contributed by atoms with van der Waals surface area (Å²) in [7, 11) is 0. The predicted molar refractivity (Wildman–Crippen MR) is 78.6 cm³/mol. The van der Waals surface area contributed by atoms with E-state index < -0.39 is 17.8 Å². The minimum atomic E-state index is -0.892. The van der Waals surface area contributed by atoms with Gasteiger partial charge in [-0.3, -0.25) is 4.79 Å². The molecule has 21 heavy (non-hydrogen) atoms. The summed E-state index contributed by atoms with van der Waals surface area (Å²) in [5.41, 5.74) is 0.0913. The number of rotatable bonds is 7. The summed E-state index contributed by atoms with van der Waals surface area (Å²) in [6.07, 6.45) is 0.699. The second-order valence-corrected chi connectivity index (χ2v) is 5.41. The molecule has 3 N–H and O–H groups in total. The average molecular weight is 296 g/mol. The van der Waals surface area contributed by atoms with Gasteiger partial charge in [0.2, 0.25) is 0 Å². The number of anilines is 1. The molecule has 2 amide bonds. The molecule has 0 bridgehead atoms. The second kappa shape index (κ2) is 8.24. The number of urea groups is 1. The molecule has 1 rings (SSSR count). The Morgan fingerprint density at radius 3 is 2.52 bits per heavy atom. The molecule has 0 saturated heterocycles. The normalized spacial score (nSPS) is 12.0. The zero-order valence-corrected chi connectivity index (χ0v) is 12.2. The highest BCUT2D eigenvalue weighted by atomic mass is 19.1. The van der Waals surface area contributed by atoms with E-state index in [1.807, 2.05) is 13.8 Å². The van der Waals surface area contributed by atoms with Crippen LogP contribution in [0.2, 0.25) is 0 Å². The van der Waals surface area contributed by atoms with E-state index in [9.17, 15) is 14.0 Å². The van der Waals surface area contributed by atoms with Crippen molar-refractivity contribution in [2.75, 3.05) is 11.9 Å². The third-order valence-corrected chi connectivity index (χ3v) is 2.94. The van der Waals surface area contributed by atoms with Crippen LogP contribution < -0.4 is 10.6 Å². The molecule has 0 aliphatic heterocycles. The fourth-order valence-corrected chi connectivity index (χ4v) is 2.12.